The molecule has 1 atom stereocenters. The molecule has 2 aliphatic heterocycles. The van der Waals surface area contributed by atoms with Crippen LogP contribution in [0.25, 0.3) is 11.2 Å². The van der Waals surface area contributed by atoms with Crippen LogP contribution in [0.1, 0.15) is 49.7 Å². The Labute approximate surface area is 234 Å². The first-order valence-corrected chi connectivity index (χ1v) is 13.3. The van der Waals surface area contributed by atoms with Crippen LogP contribution < -0.4 is 4.74 Å². The first-order chi connectivity index (χ1) is 19.3. The number of fused-ring (bicyclic) bond motifs is 2. The van der Waals surface area contributed by atoms with Crippen molar-refractivity contribution in [2.75, 3.05) is 13.2 Å². The lowest BCUT2D eigenvalue weighted by Crippen LogP contribution is -2.38. The van der Waals surface area contributed by atoms with E-state index in [1.807, 2.05) is 17.6 Å². The Morgan fingerprint density at radius 3 is 2.83 bits per heavy atom. The van der Waals surface area contributed by atoms with Gasteiger partial charge in [0.15, 0.2) is 5.65 Å². The minimum Gasteiger partial charge on any atom is -0.489 e. The van der Waals surface area contributed by atoms with Gasteiger partial charge in [-0.2, -0.15) is 0 Å². The molecule has 0 aliphatic carbocycles. The van der Waals surface area contributed by atoms with Crippen LogP contribution in [0.5, 0.6) is 5.75 Å². The Morgan fingerprint density at radius 1 is 1.27 bits per heavy atom. The standard InChI is InChI=1S/C29H26ClFN4O5/c1-16-8-17-4-6-34(28(36)22(17)11-25(16)40-15-18-2-3-20(30)10-23(18)31)14-26-33-27-24(9-19(12-32-27)29(37)38)35(26)13-21-5-7-39-21/h2-3,8-12,21H,4-7,13-15H2,1H3,(H,37,38)/t21-/m0/s1. The van der Waals surface area contributed by atoms with Gasteiger partial charge in [0, 0.05) is 35.5 Å². The molecule has 2 aliphatic rings. The highest BCUT2D eigenvalue weighted by atomic mass is 35.5. The van der Waals surface area contributed by atoms with Crippen LogP contribution in [0.2, 0.25) is 5.02 Å². The zero-order chi connectivity index (χ0) is 28.0. The van der Waals surface area contributed by atoms with E-state index in [2.05, 4.69) is 9.97 Å². The molecule has 11 heteroatoms. The number of aryl methyl sites for hydroxylation is 1. The number of carbonyl (C=O) groups excluding carboxylic acids is 1. The molecule has 206 valence electrons. The van der Waals surface area contributed by atoms with Gasteiger partial charge in [-0.05, 0) is 55.2 Å². The number of carboxylic acids is 1. The van der Waals surface area contributed by atoms with E-state index in [0.29, 0.717) is 65.0 Å². The highest BCUT2D eigenvalue weighted by Gasteiger charge is 2.29. The van der Waals surface area contributed by atoms with Crippen LogP contribution in [0.4, 0.5) is 4.39 Å². The fourth-order valence-electron chi connectivity index (χ4n) is 5.08. The number of benzene rings is 2. The average molecular weight is 565 g/mol. The van der Waals surface area contributed by atoms with Crippen LogP contribution >= 0.6 is 11.6 Å². The number of aromatic nitrogens is 3. The number of imidazole rings is 1. The van der Waals surface area contributed by atoms with E-state index >= 15 is 0 Å². The molecular formula is C29H26ClFN4O5. The van der Waals surface area contributed by atoms with Crippen molar-refractivity contribution in [1.29, 1.82) is 0 Å². The number of carboxylic acid groups (broad SMARTS) is 1. The summed E-state index contributed by atoms with van der Waals surface area (Å²) in [5, 5.41) is 9.77. The van der Waals surface area contributed by atoms with Crippen molar-refractivity contribution in [3.63, 3.8) is 0 Å². The van der Waals surface area contributed by atoms with Crippen LogP contribution in [0.3, 0.4) is 0 Å². The van der Waals surface area contributed by atoms with E-state index < -0.39 is 11.8 Å². The summed E-state index contributed by atoms with van der Waals surface area (Å²) < 4.78 is 27.7. The first-order valence-electron chi connectivity index (χ1n) is 13.0. The third-order valence-corrected chi connectivity index (χ3v) is 7.65. The molecule has 40 heavy (non-hydrogen) atoms. The lowest BCUT2D eigenvalue weighted by atomic mass is 9.96. The summed E-state index contributed by atoms with van der Waals surface area (Å²) in [6.07, 6.45) is 2.83. The molecule has 0 spiro atoms. The van der Waals surface area contributed by atoms with Gasteiger partial charge in [0.25, 0.3) is 5.91 Å². The van der Waals surface area contributed by atoms with Crippen molar-refractivity contribution in [2.45, 2.75) is 45.6 Å². The Kier molecular flexibility index (Phi) is 6.89. The monoisotopic (exact) mass is 564 g/mol. The minimum atomic E-state index is -1.07. The Balaban J connectivity index is 1.26. The van der Waals surface area contributed by atoms with Crippen molar-refractivity contribution >= 4 is 34.6 Å². The van der Waals surface area contributed by atoms with Crippen molar-refractivity contribution in [2.24, 2.45) is 0 Å². The largest absolute Gasteiger partial charge is 0.489 e. The van der Waals surface area contributed by atoms with Gasteiger partial charge in [-0.15, -0.1) is 0 Å². The van der Waals surface area contributed by atoms with Crippen LogP contribution in [0, 0.1) is 12.7 Å². The van der Waals surface area contributed by atoms with E-state index in [9.17, 15) is 19.1 Å². The number of nitrogens with zero attached hydrogens (tertiary/aromatic N) is 4. The number of aromatic carboxylic acids is 1. The summed E-state index contributed by atoms with van der Waals surface area (Å²) in [7, 11) is 0. The number of pyridine rings is 1. The lowest BCUT2D eigenvalue weighted by Gasteiger charge is -2.31. The topological polar surface area (TPSA) is 107 Å². The quantitative estimate of drug-likeness (QED) is 0.328. The maximum absolute atomic E-state index is 14.2. The summed E-state index contributed by atoms with van der Waals surface area (Å²) >= 11 is 5.85. The molecule has 9 nitrogen and oxygen atoms in total. The molecule has 0 radical (unpaired) electrons. The number of rotatable bonds is 8. The molecule has 2 aromatic carbocycles. The molecule has 2 aromatic heterocycles. The molecule has 0 saturated carbocycles. The maximum Gasteiger partial charge on any atom is 0.337 e. The van der Waals surface area contributed by atoms with Gasteiger partial charge in [0.2, 0.25) is 0 Å². The second-order valence-corrected chi connectivity index (χ2v) is 10.5. The number of amides is 1. The Morgan fingerprint density at radius 2 is 2.10 bits per heavy atom. The number of hydrogen-bond donors (Lipinski definition) is 1. The average Bonchev–Trinajstić information content (AvgIpc) is 3.23. The smallest absolute Gasteiger partial charge is 0.337 e. The molecule has 4 heterocycles. The number of hydrogen-bond acceptors (Lipinski definition) is 6. The van der Waals surface area contributed by atoms with E-state index in [1.54, 1.807) is 29.2 Å². The number of halogens is 2. The second-order valence-electron chi connectivity index (χ2n) is 10.1. The van der Waals surface area contributed by atoms with Gasteiger partial charge < -0.3 is 24.0 Å². The zero-order valence-electron chi connectivity index (χ0n) is 21.7. The molecule has 6 rings (SSSR count). The fourth-order valence-corrected chi connectivity index (χ4v) is 5.24. The Hall–Kier alpha value is -4.02. The third-order valence-electron chi connectivity index (χ3n) is 7.41. The van der Waals surface area contributed by atoms with E-state index in [0.717, 1.165) is 17.5 Å². The predicted octanol–water partition coefficient (Wildman–Crippen LogP) is 4.80. The SMILES string of the molecule is Cc1cc2c(cc1OCc1ccc(Cl)cc1F)C(=O)N(Cc1nc3ncc(C(=O)O)cc3n1C[C@@H]1CCO1)CC2. The van der Waals surface area contributed by atoms with Gasteiger partial charge in [-0.25, -0.2) is 19.2 Å². The van der Waals surface area contributed by atoms with Crippen LogP contribution in [-0.4, -0.2) is 55.7 Å². The summed E-state index contributed by atoms with van der Waals surface area (Å²) in [6, 6.07) is 9.64. The Bertz CT molecular complexity index is 1650. The lowest BCUT2D eigenvalue weighted by molar-refractivity contribution is -0.0591. The normalized spacial score (nSPS) is 16.6. The van der Waals surface area contributed by atoms with E-state index in [4.69, 9.17) is 21.1 Å². The van der Waals surface area contributed by atoms with E-state index in [-0.39, 0.29) is 30.7 Å². The van der Waals surface area contributed by atoms with Crippen molar-refractivity contribution in [1.82, 2.24) is 19.4 Å². The number of ether oxygens (including phenoxy) is 2. The summed E-state index contributed by atoms with van der Waals surface area (Å²) in [5.41, 5.74) is 3.76. The van der Waals surface area contributed by atoms with Crippen molar-refractivity contribution in [3.8, 4) is 5.75 Å². The summed E-state index contributed by atoms with van der Waals surface area (Å²) in [6.45, 7) is 3.80. The van der Waals surface area contributed by atoms with Crippen molar-refractivity contribution in [3.05, 3.63) is 87.1 Å². The fraction of sp³-hybridized carbons (Fsp3) is 0.310. The molecule has 4 aromatic rings. The highest BCUT2D eigenvalue weighted by Crippen LogP contribution is 2.30. The highest BCUT2D eigenvalue weighted by molar-refractivity contribution is 6.30. The predicted molar refractivity (Wildman–Crippen MR) is 144 cm³/mol. The maximum atomic E-state index is 14.2. The van der Waals surface area contributed by atoms with Gasteiger partial charge >= 0.3 is 5.97 Å². The molecule has 1 fully saturated rings. The molecule has 1 amide bonds. The molecule has 0 bridgehead atoms. The first kappa shape index (κ1) is 26.2. The van der Waals surface area contributed by atoms with E-state index in [1.165, 1.54) is 12.3 Å². The van der Waals surface area contributed by atoms with Crippen LogP contribution in [0.15, 0.2) is 42.6 Å². The third kappa shape index (κ3) is 5.00. The molecular weight excluding hydrogens is 539 g/mol. The number of carbonyl (C=O) groups is 2. The molecule has 1 saturated heterocycles. The van der Waals surface area contributed by atoms with Crippen LogP contribution in [-0.2, 0) is 30.9 Å². The van der Waals surface area contributed by atoms with Gasteiger partial charge in [0.05, 0.1) is 30.3 Å². The zero-order valence-corrected chi connectivity index (χ0v) is 22.4. The minimum absolute atomic E-state index is 0.000866. The molecule has 0 unspecified atom stereocenters. The summed E-state index contributed by atoms with van der Waals surface area (Å²) in [5.74, 6) is -0.576. The second kappa shape index (κ2) is 10.5. The molecule has 1 N–H and O–H groups in total. The van der Waals surface area contributed by atoms with Gasteiger partial charge in [-0.3, -0.25) is 4.79 Å². The summed E-state index contributed by atoms with van der Waals surface area (Å²) in [4.78, 5) is 35.8. The van der Waals surface area contributed by atoms with Crippen molar-refractivity contribution < 1.29 is 28.6 Å². The van der Waals surface area contributed by atoms with Gasteiger partial charge in [0.1, 0.15) is 24.0 Å². The van der Waals surface area contributed by atoms with Gasteiger partial charge in [-0.1, -0.05) is 23.7 Å².